The molecule has 6 heteroatoms. The van der Waals surface area contributed by atoms with Gasteiger partial charge in [0.05, 0.1) is 12.3 Å². The van der Waals surface area contributed by atoms with Gasteiger partial charge in [0.2, 0.25) is 0 Å². The van der Waals surface area contributed by atoms with Crippen LogP contribution in [0.15, 0.2) is 28.7 Å². The molecule has 0 aliphatic heterocycles. The maximum Gasteiger partial charge on any atom is 0.162 e. The highest BCUT2D eigenvalue weighted by molar-refractivity contribution is 9.10. The molecule has 0 atom stereocenters. The van der Waals surface area contributed by atoms with Crippen LogP contribution < -0.4 is 5.73 Å². The lowest BCUT2D eigenvalue weighted by Gasteiger charge is -2.07. The first-order chi connectivity index (χ1) is 8.60. The van der Waals surface area contributed by atoms with Crippen LogP contribution in [0.3, 0.4) is 0 Å². The minimum absolute atomic E-state index is 0.394. The van der Waals surface area contributed by atoms with Crippen molar-refractivity contribution in [1.29, 1.82) is 0 Å². The normalized spacial score (nSPS) is 10.6. The van der Waals surface area contributed by atoms with Crippen molar-refractivity contribution >= 4 is 33.3 Å². The van der Waals surface area contributed by atoms with Crippen LogP contribution in [-0.2, 0) is 11.3 Å². The Balaban J connectivity index is 2.49. The summed E-state index contributed by atoms with van der Waals surface area (Å²) in [4.78, 5) is 8.61. The number of rotatable bonds is 3. The number of benzene rings is 1. The van der Waals surface area contributed by atoms with E-state index in [-0.39, 0.29) is 0 Å². The van der Waals surface area contributed by atoms with Gasteiger partial charge in [0.15, 0.2) is 5.82 Å². The number of nitrogens with two attached hydrogens (primary N) is 1. The molecule has 2 rings (SSSR count). The van der Waals surface area contributed by atoms with Gasteiger partial charge < -0.3 is 10.5 Å². The molecule has 0 bridgehead atoms. The van der Waals surface area contributed by atoms with E-state index in [0.29, 0.717) is 23.3 Å². The van der Waals surface area contributed by atoms with Crippen molar-refractivity contribution in [3.05, 3.63) is 39.5 Å². The van der Waals surface area contributed by atoms with E-state index in [2.05, 4.69) is 25.9 Å². The van der Waals surface area contributed by atoms with Crippen LogP contribution in [0.2, 0.25) is 5.02 Å². The zero-order chi connectivity index (χ0) is 13.1. The average Bonchev–Trinajstić information content (AvgIpc) is 2.28. The third-order valence-electron chi connectivity index (χ3n) is 2.26. The first-order valence-corrected chi connectivity index (χ1v) is 6.35. The number of ether oxygens (including phenoxy) is 1. The zero-order valence-corrected chi connectivity index (χ0v) is 12.0. The van der Waals surface area contributed by atoms with E-state index in [1.807, 2.05) is 6.07 Å². The number of anilines is 1. The highest BCUT2D eigenvalue weighted by atomic mass is 79.9. The third kappa shape index (κ3) is 2.98. The number of nitrogens with zero attached hydrogens (tertiary/aromatic N) is 2. The number of halogens is 2. The Morgan fingerprint density at radius 3 is 2.78 bits per heavy atom. The highest BCUT2D eigenvalue weighted by Crippen LogP contribution is 2.29. The Morgan fingerprint density at radius 2 is 2.11 bits per heavy atom. The zero-order valence-electron chi connectivity index (χ0n) is 9.65. The Kier molecular flexibility index (Phi) is 4.16. The lowest BCUT2D eigenvalue weighted by atomic mass is 10.2. The molecule has 2 aromatic rings. The molecular formula is C12H11BrClN3O. The van der Waals surface area contributed by atoms with Gasteiger partial charge in [-0.05, 0) is 34.1 Å². The Labute approximate surface area is 118 Å². The van der Waals surface area contributed by atoms with Crippen LogP contribution in [-0.4, -0.2) is 17.1 Å². The molecule has 2 N–H and O–H groups in total. The summed E-state index contributed by atoms with van der Waals surface area (Å²) in [6.07, 6.45) is 0. The van der Waals surface area contributed by atoms with Gasteiger partial charge in [0.25, 0.3) is 0 Å². The second-order valence-corrected chi connectivity index (χ2v) is 4.96. The average molecular weight is 329 g/mol. The van der Waals surface area contributed by atoms with Crippen molar-refractivity contribution in [2.24, 2.45) is 0 Å². The number of hydrogen-bond acceptors (Lipinski definition) is 4. The third-order valence-corrected chi connectivity index (χ3v) is 3.15. The monoisotopic (exact) mass is 327 g/mol. The molecule has 1 aromatic heterocycles. The molecule has 0 spiro atoms. The summed E-state index contributed by atoms with van der Waals surface area (Å²) in [6, 6.07) is 7.11. The van der Waals surface area contributed by atoms with Crippen LogP contribution >= 0.6 is 27.5 Å². The summed E-state index contributed by atoms with van der Waals surface area (Å²) < 4.78 is 5.87. The summed E-state index contributed by atoms with van der Waals surface area (Å²) in [5.41, 5.74) is 7.33. The van der Waals surface area contributed by atoms with Crippen LogP contribution in [0, 0.1) is 0 Å². The first kappa shape index (κ1) is 13.3. The molecule has 0 radical (unpaired) electrons. The molecule has 1 heterocycles. The van der Waals surface area contributed by atoms with Gasteiger partial charge in [-0.25, -0.2) is 9.97 Å². The predicted octanol–water partition coefficient (Wildman–Crippen LogP) is 3.29. The van der Waals surface area contributed by atoms with Crippen molar-refractivity contribution in [2.45, 2.75) is 6.61 Å². The van der Waals surface area contributed by atoms with Crippen LogP contribution in [0.4, 0.5) is 5.82 Å². The van der Waals surface area contributed by atoms with Crippen molar-refractivity contribution in [2.75, 3.05) is 12.8 Å². The van der Waals surface area contributed by atoms with Crippen molar-refractivity contribution in [1.82, 2.24) is 9.97 Å². The fourth-order valence-electron chi connectivity index (χ4n) is 1.53. The number of hydrogen-bond donors (Lipinski definition) is 1. The molecule has 1 aromatic carbocycles. The summed E-state index contributed by atoms with van der Waals surface area (Å²) in [7, 11) is 1.61. The summed E-state index contributed by atoms with van der Waals surface area (Å²) in [5.74, 6) is 0.958. The van der Waals surface area contributed by atoms with Crippen molar-refractivity contribution in [3.63, 3.8) is 0 Å². The SMILES string of the molecule is COCc1cc(N)nc(-c2ccc(Cl)cc2Br)n1. The summed E-state index contributed by atoms with van der Waals surface area (Å²) in [6.45, 7) is 0.394. The van der Waals surface area contributed by atoms with Gasteiger partial charge in [0, 0.05) is 28.2 Å². The van der Waals surface area contributed by atoms with Gasteiger partial charge in [0.1, 0.15) is 5.82 Å². The first-order valence-electron chi connectivity index (χ1n) is 5.18. The molecule has 0 saturated heterocycles. The van der Waals surface area contributed by atoms with Crippen LogP contribution in [0.5, 0.6) is 0 Å². The van der Waals surface area contributed by atoms with Gasteiger partial charge in [-0.15, -0.1) is 0 Å². The minimum Gasteiger partial charge on any atom is -0.384 e. The van der Waals surface area contributed by atoms with E-state index in [1.54, 1.807) is 25.3 Å². The smallest absolute Gasteiger partial charge is 0.162 e. The predicted molar refractivity (Wildman–Crippen MR) is 75.3 cm³/mol. The largest absolute Gasteiger partial charge is 0.384 e. The molecule has 0 aliphatic rings. The van der Waals surface area contributed by atoms with E-state index in [9.17, 15) is 0 Å². The molecule has 18 heavy (non-hydrogen) atoms. The molecular weight excluding hydrogens is 318 g/mol. The second-order valence-electron chi connectivity index (χ2n) is 3.66. The van der Waals surface area contributed by atoms with Crippen LogP contribution in [0.25, 0.3) is 11.4 Å². The van der Waals surface area contributed by atoms with E-state index < -0.39 is 0 Å². The fraction of sp³-hybridized carbons (Fsp3) is 0.167. The second kappa shape index (κ2) is 5.65. The molecule has 0 aliphatic carbocycles. The molecule has 0 fully saturated rings. The van der Waals surface area contributed by atoms with E-state index in [4.69, 9.17) is 22.1 Å². The fourth-order valence-corrected chi connectivity index (χ4v) is 2.39. The van der Waals surface area contributed by atoms with Gasteiger partial charge in [-0.2, -0.15) is 0 Å². The minimum atomic E-state index is 0.394. The summed E-state index contributed by atoms with van der Waals surface area (Å²) >= 11 is 9.34. The quantitative estimate of drug-likeness (QED) is 0.939. The van der Waals surface area contributed by atoms with Crippen molar-refractivity contribution in [3.8, 4) is 11.4 Å². The maximum absolute atomic E-state index is 5.90. The van der Waals surface area contributed by atoms with Gasteiger partial charge in [-0.1, -0.05) is 11.6 Å². The molecule has 94 valence electrons. The van der Waals surface area contributed by atoms with E-state index in [1.165, 1.54) is 0 Å². The lowest BCUT2D eigenvalue weighted by Crippen LogP contribution is -2.01. The highest BCUT2D eigenvalue weighted by Gasteiger charge is 2.09. The number of aromatic nitrogens is 2. The number of nitrogen functional groups attached to an aromatic ring is 1. The molecule has 0 amide bonds. The Bertz CT molecular complexity index is 577. The molecule has 0 unspecified atom stereocenters. The molecule has 4 nitrogen and oxygen atoms in total. The number of methoxy groups -OCH3 is 1. The van der Waals surface area contributed by atoms with E-state index in [0.717, 1.165) is 15.7 Å². The van der Waals surface area contributed by atoms with Gasteiger partial charge >= 0.3 is 0 Å². The van der Waals surface area contributed by atoms with Crippen molar-refractivity contribution < 1.29 is 4.74 Å². The Hall–Kier alpha value is -1.17. The lowest BCUT2D eigenvalue weighted by molar-refractivity contribution is 0.181. The van der Waals surface area contributed by atoms with Crippen LogP contribution in [0.1, 0.15) is 5.69 Å². The topological polar surface area (TPSA) is 61.0 Å². The standard InChI is InChI=1S/C12H11BrClN3O/c1-18-6-8-5-11(15)17-12(16-8)9-3-2-7(14)4-10(9)13/h2-5H,6H2,1H3,(H2,15,16,17). The van der Waals surface area contributed by atoms with E-state index >= 15 is 0 Å². The van der Waals surface area contributed by atoms with Gasteiger partial charge in [-0.3, -0.25) is 0 Å². The summed E-state index contributed by atoms with van der Waals surface area (Å²) in [5, 5.41) is 0.645. The maximum atomic E-state index is 5.90. The molecule has 0 saturated carbocycles. The Morgan fingerprint density at radius 1 is 1.33 bits per heavy atom.